The number of hydrogen-bond acceptors (Lipinski definition) is 5. The van der Waals surface area contributed by atoms with Gasteiger partial charge < -0.3 is 25.2 Å². The first kappa shape index (κ1) is 27.8. The van der Waals surface area contributed by atoms with Crippen LogP contribution in [-0.4, -0.2) is 58.1 Å². The van der Waals surface area contributed by atoms with Gasteiger partial charge in [0.1, 0.15) is 5.75 Å². The lowest BCUT2D eigenvalue weighted by atomic mass is 9.95. The van der Waals surface area contributed by atoms with Crippen molar-refractivity contribution in [1.82, 2.24) is 5.32 Å². The molecule has 0 bridgehead atoms. The van der Waals surface area contributed by atoms with E-state index in [-0.39, 0.29) is 30.6 Å². The fourth-order valence-corrected chi connectivity index (χ4v) is 10.5. The minimum atomic E-state index is -1.87. The molecule has 4 rings (SSSR count). The summed E-state index contributed by atoms with van der Waals surface area (Å²) < 4.78 is 12.0. The number of amides is 1. The van der Waals surface area contributed by atoms with Crippen molar-refractivity contribution in [2.24, 2.45) is 11.8 Å². The molecule has 7 heteroatoms. The number of aryl methyl sites for hydroxylation is 1. The lowest BCUT2D eigenvalue weighted by Gasteiger charge is -2.36. The molecule has 0 saturated carbocycles. The number of hydrogen-bond donors (Lipinski definition) is 3. The van der Waals surface area contributed by atoms with E-state index in [2.05, 4.69) is 67.0 Å². The Kier molecular flexibility index (Phi) is 9.45. The van der Waals surface area contributed by atoms with E-state index in [4.69, 9.17) is 9.47 Å². The van der Waals surface area contributed by atoms with Gasteiger partial charge in [-0.15, -0.1) is 0 Å². The summed E-state index contributed by atoms with van der Waals surface area (Å²) in [4.78, 5) is 12.5. The number of carbonyl (C=O) groups excluding carboxylic acids is 1. The minimum Gasteiger partial charge on any atom is -0.497 e. The summed E-state index contributed by atoms with van der Waals surface area (Å²) in [6, 6.07) is 16.8. The maximum atomic E-state index is 12.5. The fourth-order valence-electron chi connectivity index (χ4n) is 6.43. The maximum Gasteiger partial charge on any atom is 0.228 e. The van der Waals surface area contributed by atoms with Gasteiger partial charge in [-0.05, 0) is 79.9 Å². The first-order valence-corrected chi connectivity index (χ1v) is 16.9. The standard InChI is InChI=1S/C30H44N2O4Si/c1-21-27(16-9-22-7-10-24(11-8-22)32-30(34)23-6-5-18-31-20-23)36-28(17-19-33)29(21)37(3,4)26-14-12-25(35-2)13-15-26/h7-8,10-15,21,23,27-29,31,33H,5-6,9,16-20H2,1-4H3,(H,32,34)/t21-,23?,27+,28-,29+/m0/s1. The Morgan fingerprint density at radius 1 is 1.11 bits per heavy atom. The summed E-state index contributed by atoms with van der Waals surface area (Å²) >= 11 is 0. The number of benzene rings is 2. The van der Waals surface area contributed by atoms with Crippen LogP contribution in [0.3, 0.4) is 0 Å². The summed E-state index contributed by atoms with van der Waals surface area (Å²) in [6.07, 6.45) is 4.82. The van der Waals surface area contributed by atoms with Crippen molar-refractivity contribution in [3.05, 3.63) is 54.1 Å². The van der Waals surface area contributed by atoms with Crippen LogP contribution in [0.4, 0.5) is 5.69 Å². The molecule has 2 heterocycles. The number of aliphatic hydroxyl groups is 1. The normalized spacial score (nSPS) is 26.1. The largest absolute Gasteiger partial charge is 0.497 e. The van der Waals surface area contributed by atoms with E-state index in [1.165, 1.54) is 10.8 Å². The Morgan fingerprint density at radius 3 is 2.46 bits per heavy atom. The minimum absolute atomic E-state index is 0.0555. The summed E-state index contributed by atoms with van der Waals surface area (Å²) in [6.45, 7) is 9.12. The summed E-state index contributed by atoms with van der Waals surface area (Å²) in [5.74, 6) is 1.46. The van der Waals surface area contributed by atoms with E-state index >= 15 is 0 Å². The van der Waals surface area contributed by atoms with Crippen LogP contribution in [0, 0.1) is 11.8 Å². The van der Waals surface area contributed by atoms with Gasteiger partial charge in [-0.3, -0.25) is 4.79 Å². The number of piperidine rings is 1. The van der Waals surface area contributed by atoms with E-state index in [0.717, 1.165) is 50.2 Å². The van der Waals surface area contributed by atoms with E-state index in [1.807, 2.05) is 12.1 Å². The van der Waals surface area contributed by atoms with Crippen molar-refractivity contribution < 1.29 is 19.4 Å². The topological polar surface area (TPSA) is 79.8 Å². The highest BCUT2D eigenvalue weighted by Crippen LogP contribution is 2.46. The number of carbonyl (C=O) groups is 1. The van der Waals surface area contributed by atoms with E-state index in [0.29, 0.717) is 17.9 Å². The van der Waals surface area contributed by atoms with Crippen LogP contribution in [-0.2, 0) is 16.0 Å². The van der Waals surface area contributed by atoms with Crippen molar-refractivity contribution in [3.63, 3.8) is 0 Å². The molecule has 1 amide bonds. The van der Waals surface area contributed by atoms with Gasteiger partial charge in [0, 0.05) is 18.8 Å². The third-order valence-corrected chi connectivity index (χ3v) is 13.0. The van der Waals surface area contributed by atoms with Gasteiger partial charge in [-0.1, -0.05) is 49.5 Å². The van der Waals surface area contributed by atoms with Crippen LogP contribution in [0.15, 0.2) is 48.5 Å². The molecule has 1 unspecified atom stereocenters. The maximum absolute atomic E-state index is 12.5. The fraction of sp³-hybridized carbons (Fsp3) is 0.567. The molecule has 2 fully saturated rings. The van der Waals surface area contributed by atoms with Gasteiger partial charge >= 0.3 is 0 Å². The van der Waals surface area contributed by atoms with Crippen LogP contribution < -0.4 is 20.6 Å². The molecule has 0 spiro atoms. The first-order chi connectivity index (χ1) is 17.8. The second-order valence-electron chi connectivity index (χ2n) is 11.3. The molecule has 0 aromatic heterocycles. The SMILES string of the molecule is COc1ccc([Si](C)(C)[C@@H]2[C@@H](C)[C@@H](CCc3ccc(NC(=O)C4CCCNC4)cc3)O[C@H]2CCO)cc1. The molecule has 2 aromatic rings. The third kappa shape index (κ3) is 6.63. The van der Waals surface area contributed by atoms with Gasteiger partial charge in [-0.2, -0.15) is 0 Å². The Balaban J connectivity index is 1.37. The van der Waals surface area contributed by atoms with Crippen LogP contribution in [0.5, 0.6) is 5.75 Å². The van der Waals surface area contributed by atoms with Crippen molar-refractivity contribution in [2.75, 3.05) is 32.1 Å². The molecule has 5 atom stereocenters. The Hall–Kier alpha value is -2.19. The van der Waals surface area contributed by atoms with Gasteiger partial charge in [0.2, 0.25) is 5.91 Å². The first-order valence-electron chi connectivity index (χ1n) is 13.8. The van der Waals surface area contributed by atoms with Gasteiger partial charge in [-0.25, -0.2) is 0 Å². The molecule has 202 valence electrons. The van der Waals surface area contributed by atoms with E-state index in [1.54, 1.807) is 7.11 Å². The number of rotatable bonds is 10. The van der Waals surface area contributed by atoms with Crippen LogP contribution in [0.25, 0.3) is 0 Å². The van der Waals surface area contributed by atoms with Gasteiger partial charge in [0.25, 0.3) is 0 Å². The number of anilines is 1. The molecule has 6 nitrogen and oxygen atoms in total. The number of methoxy groups -OCH3 is 1. The lowest BCUT2D eigenvalue weighted by Crippen LogP contribution is -2.50. The second kappa shape index (κ2) is 12.6. The van der Waals surface area contributed by atoms with Crippen LogP contribution in [0.1, 0.15) is 38.2 Å². The quantitative estimate of drug-likeness (QED) is 0.403. The predicted molar refractivity (Wildman–Crippen MR) is 152 cm³/mol. The summed E-state index contributed by atoms with van der Waals surface area (Å²) in [7, 11) is -0.170. The van der Waals surface area contributed by atoms with Crippen molar-refractivity contribution >= 4 is 24.9 Å². The zero-order valence-electron chi connectivity index (χ0n) is 22.8. The highest BCUT2D eigenvalue weighted by molar-refractivity contribution is 6.91. The highest BCUT2D eigenvalue weighted by Gasteiger charge is 2.50. The molecule has 0 aliphatic carbocycles. The molecule has 2 saturated heterocycles. The summed E-state index contributed by atoms with van der Waals surface area (Å²) in [5.41, 5.74) is 2.55. The zero-order chi connectivity index (χ0) is 26.4. The van der Waals surface area contributed by atoms with Gasteiger partial charge in [0.15, 0.2) is 0 Å². The Bertz CT molecular complexity index is 1010. The second-order valence-corrected chi connectivity index (χ2v) is 16.0. The van der Waals surface area contributed by atoms with Crippen LogP contribution >= 0.6 is 0 Å². The average molecular weight is 525 g/mol. The smallest absolute Gasteiger partial charge is 0.228 e. The van der Waals surface area contributed by atoms with E-state index < -0.39 is 8.07 Å². The molecule has 2 aliphatic heterocycles. The number of ether oxygens (including phenoxy) is 2. The molecular formula is C30H44N2O4Si. The van der Waals surface area contributed by atoms with E-state index in [9.17, 15) is 9.90 Å². The lowest BCUT2D eigenvalue weighted by molar-refractivity contribution is -0.120. The third-order valence-electron chi connectivity index (χ3n) is 8.59. The number of aliphatic hydroxyl groups excluding tert-OH is 1. The van der Waals surface area contributed by atoms with Crippen molar-refractivity contribution in [1.29, 1.82) is 0 Å². The van der Waals surface area contributed by atoms with Gasteiger partial charge in [0.05, 0.1) is 33.3 Å². The molecule has 2 aliphatic rings. The van der Waals surface area contributed by atoms with Crippen LogP contribution in [0.2, 0.25) is 18.6 Å². The zero-order valence-corrected chi connectivity index (χ0v) is 23.8. The molecule has 37 heavy (non-hydrogen) atoms. The molecule has 3 N–H and O–H groups in total. The average Bonchev–Trinajstić information content (AvgIpc) is 3.24. The molecular weight excluding hydrogens is 480 g/mol. The summed E-state index contributed by atoms with van der Waals surface area (Å²) in [5, 5.41) is 17.6. The van der Waals surface area contributed by atoms with Crippen molar-refractivity contribution in [2.45, 2.75) is 69.9 Å². The molecule has 2 aromatic carbocycles. The van der Waals surface area contributed by atoms with Crippen molar-refractivity contribution in [3.8, 4) is 5.75 Å². The monoisotopic (exact) mass is 524 g/mol. The Morgan fingerprint density at radius 2 is 1.84 bits per heavy atom. The predicted octanol–water partition coefficient (Wildman–Crippen LogP) is 4.34. The highest BCUT2D eigenvalue weighted by atomic mass is 28.3. The number of nitrogens with one attached hydrogen (secondary N) is 2. The Labute approximate surface area is 223 Å². The molecule has 0 radical (unpaired) electrons.